The van der Waals surface area contributed by atoms with Gasteiger partial charge in [0.2, 0.25) is 21.8 Å². The minimum atomic E-state index is -3.90. The van der Waals surface area contributed by atoms with E-state index in [-0.39, 0.29) is 51.4 Å². The average molecular weight is 695 g/mol. The predicted molar refractivity (Wildman–Crippen MR) is 173 cm³/mol. The van der Waals surface area contributed by atoms with Crippen molar-refractivity contribution in [2.75, 3.05) is 19.8 Å². The lowest BCUT2D eigenvalue weighted by atomic mass is 9.87. The number of nitrogens with one attached hydrogen (secondary N) is 3. The van der Waals surface area contributed by atoms with Crippen LogP contribution >= 0.6 is 0 Å². The Kier molecular flexibility index (Phi) is 11.1. The maximum absolute atomic E-state index is 14.2. The fourth-order valence-corrected chi connectivity index (χ4v) is 8.23. The number of carbonyl (C=O) groups excluding carboxylic acids is 5. The zero-order valence-corrected chi connectivity index (χ0v) is 29.0. The largest absolute Gasteiger partial charge is 0.460 e. The molecule has 2 heterocycles. The van der Waals surface area contributed by atoms with E-state index in [0.717, 1.165) is 32.1 Å². The van der Waals surface area contributed by atoms with Gasteiger partial charge < -0.3 is 29.7 Å². The summed E-state index contributed by atoms with van der Waals surface area (Å²) in [5.74, 6) is -2.73. The van der Waals surface area contributed by atoms with E-state index in [9.17, 15) is 32.4 Å². The molecule has 14 nitrogen and oxygen atoms in total. The summed E-state index contributed by atoms with van der Waals surface area (Å²) in [4.78, 5) is 68.8. The van der Waals surface area contributed by atoms with Crippen molar-refractivity contribution in [3.63, 3.8) is 0 Å². The molecule has 1 saturated heterocycles. The number of ether oxygens (including phenoxy) is 3. The summed E-state index contributed by atoms with van der Waals surface area (Å²) < 4.78 is 44.5. The van der Waals surface area contributed by atoms with Crippen LogP contribution in [0, 0.1) is 11.8 Å². The lowest BCUT2D eigenvalue weighted by molar-refractivity contribution is -0.150. The van der Waals surface area contributed by atoms with Gasteiger partial charge in [0.05, 0.1) is 18.4 Å². The molecule has 0 aromatic rings. The van der Waals surface area contributed by atoms with Crippen molar-refractivity contribution in [2.45, 2.75) is 132 Å². The highest BCUT2D eigenvalue weighted by molar-refractivity contribution is 7.91. The Hall–Kier alpha value is -3.20. The van der Waals surface area contributed by atoms with Gasteiger partial charge in [0.25, 0.3) is 5.91 Å². The highest BCUT2D eigenvalue weighted by Gasteiger charge is 2.62. The third-order valence-electron chi connectivity index (χ3n) is 9.64. The Balaban J connectivity index is 1.38. The summed E-state index contributed by atoms with van der Waals surface area (Å²) in [7, 11) is -3.90. The SMILES string of the molecule is CC(C)(C)OC(=O)N[C@H]1CCCOCC=C[C@@H]2C[C@@]2(C(=O)NS(=O)(=O)C2CC2)NC(=O)[C@@H]2C[C@@H](OC(=O)CC3CCCCC3)CN2C1=O. The minimum Gasteiger partial charge on any atom is -0.460 e. The second-order valence-corrected chi connectivity index (χ2v) is 16.8. The molecular weight excluding hydrogens is 644 g/mol. The molecule has 0 radical (unpaired) electrons. The van der Waals surface area contributed by atoms with Crippen LogP contribution in [0.15, 0.2) is 12.2 Å². The van der Waals surface area contributed by atoms with E-state index in [1.54, 1.807) is 32.9 Å². The molecule has 5 atom stereocenters. The summed E-state index contributed by atoms with van der Waals surface area (Å²) in [5, 5.41) is 4.79. The Morgan fingerprint density at radius 1 is 1.06 bits per heavy atom. The first-order valence-electron chi connectivity index (χ1n) is 17.3. The lowest BCUT2D eigenvalue weighted by Crippen LogP contribution is -2.58. The van der Waals surface area contributed by atoms with Crippen LogP contribution in [0.2, 0.25) is 0 Å². The number of hydrogen-bond donors (Lipinski definition) is 3. The normalized spacial score (nSPS) is 30.5. The van der Waals surface area contributed by atoms with Crippen molar-refractivity contribution in [2.24, 2.45) is 11.8 Å². The lowest BCUT2D eigenvalue weighted by Gasteiger charge is -2.30. The van der Waals surface area contributed by atoms with Gasteiger partial charge in [0, 0.05) is 25.4 Å². The van der Waals surface area contributed by atoms with Crippen molar-refractivity contribution < 1.29 is 46.6 Å². The summed E-state index contributed by atoms with van der Waals surface area (Å²) in [6.45, 7) is 5.48. The quantitative estimate of drug-likeness (QED) is 0.264. The Morgan fingerprint density at radius 3 is 2.48 bits per heavy atom. The fraction of sp³-hybridized carbons (Fsp3) is 0.788. The number of nitrogens with zero attached hydrogens (tertiary/aromatic N) is 1. The maximum Gasteiger partial charge on any atom is 0.408 e. The molecule has 5 rings (SSSR count). The molecule has 268 valence electrons. The van der Waals surface area contributed by atoms with Crippen molar-refractivity contribution in [1.29, 1.82) is 0 Å². The molecule has 2 aliphatic heterocycles. The van der Waals surface area contributed by atoms with Crippen molar-refractivity contribution >= 4 is 39.8 Å². The third-order valence-corrected chi connectivity index (χ3v) is 11.5. The first-order chi connectivity index (χ1) is 22.7. The summed E-state index contributed by atoms with van der Waals surface area (Å²) in [6.07, 6.45) is 8.94. The Bertz CT molecular complexity index is 1380. The number of amides is 4. The van der Waals surface area contributed by atoms with Crippen LogP contribution in [0.25, 0.3) is 0 Å². The van der Waals surface area contributed by atoms with Gasteiger partial charge in [-0.2, -0.15) is 0 Å². The van der Waals surface area contributed by atoms with Gasteiger partial charge in [-0.15, -0.1) is 0 Å². The Morgan fingerprint density at radius 2 is 1.79 bits per heavy atom. The van der Waals surface area contributed by atoms with Gasteiger partial charge in [0.15, 0.2) is 0 Å². The molecule has 0 aromatic carbocycles. The summed E-state index contributed by atoms with van der Waals surface area (Å²) in [6, 6.07) is -2.23. The van der Waals surface area contributed by atoms with E-state index in [2.05, 4.69) is 15.4 Å². The van der Waals surface area contributed by atoms with E-state index in [1.165, 1.54) is 4.90 Å². The van der Waals surface area contributed by atoms with Gasteiger partial charge in [-0.25, -0.2) is 13.2 Å². The van der Waals surface area contributed by atoms with E-state index in [1.807, 2.05) is 0 Å². The molecule has 4 fully saturated rings. The molecule has 0 aromatic heterocycles. The van der Waals surface area contributed by atoms with Crippen LogP contribution in [0.3, 0.4) is 0 Å². The summed E-state index contributed by atoms with van der Waals surface area (Å²) >= 11 is 0. The fourth-order valence-electron chi connectivity index (χ4n) is 6.87. The van der Waals surface area contributed by atoms with Crippen LogP contribution in [0.5, 0.6) is 0 Å². The molecule has 48 heavy (non-hydrogen) atoms. The van der Waals surface area contributed by atoms with Gasteiger partial charge in [-0.1, -0.05) is 31.4 Å². The molecule has 3 aliphatic carbocycles. The van der Waals surface area contributed by atoms with Crippen molar-refractivity contribution in [3.8, 4) is 0 Å². The van der Waals surface area contributed by atoms with Crippen molar-refractivity contribution in [1.82, 2.24) is 20.3 Å². The Labute approximate surface area is 282 Å². The third kappa shape index (κ3) is 9.27. The smallest absolute Gasteiger partial charge is 0.408 e. The van der Waals surface area contributed by atoms with E-state index < -0.39 is 80.3 Å². The van der Waals surface area contributed by atoms with E-state index in [4.69, 9.17) is 14.2 Å². The number of hydrogen-bond acceptors (Lipinski definition) is 10. The topological polar surface area (TPSA) is 187 Å². The van der Waals surface area contributed by atoms with Crippen LogP contribution in [-0.4, -0.2) is 97.4 Å². The number of alkyl carbamates (subject to hydrolysis) is 1. The molecule has 5 aliphatic rings. The maximum atomic E-state index is 14.2. The highest BCUT2D eigenvalue weighted by Crippen LogP contribution is 2.46. The molecular formula is C33H50N4O10S. The zero-order chi connectivity index (χ0) is 34.7. The first kappa shape index (κ1) is 36.1. The molecule has 3 saturated carbocycles. The van der Waals surface area contributed by atoms with Crippen LogP contribution < -0.4 is 15.4 Å². The molecule has 15 heteroatoms. The zero-order valence-electron chi connectivity index (χ0n) is 28.2. The number of esters is 1. The molecule has 0 bridgehead atoms. The monoisotopic (exact) mass is 694 g/mol. The van der Waals surface area contributed by atoms with E-state index in [0.29, 0.717) is 19.3 Å². The number of carbonyl (C=O) groups is 5. The second-order valence-electron chi connectivity index (χ2n) is 14.9. The van der Waals surface area contributed by atoms with Gasteiger partial charge in [-0.3, -0.25) is 23.9 Å². The van der Waals surface area contributed by atoms with Crippen LogP contribution in [0.1, 0.15) is 97.8 Å². The average Bonchev–Trinajstić information content (AvgIpc) is 3.92. The van der Waals surface area contributed by atoms with Crippen LogP contribution in [0.4, 0.5) is 4.79 Å². The van der Waals surface area contributed by atoms with Crippen LogP contribution in [-0.2, 0) is 43.4 Å². The van der Waals surface area contributed by atoms with Crippen molar-refractivity contribution in [3.05, 3.63) is 12.2 Å². The molecule has 0 spiro atoms. The summed E-state index contributed by atoms with van der Waals surface area (Å²) in [5.41, 5.74) is -2.37. The minimum absolute atomic E-state index is 0.0190. The molecule has 3 N–H and O–H groups in total. The first-order valence-corrected chi connectivity index (χ1v) is 18.8. The van der Waals surface area contributed by atoms with E-state index >= 15 is 0 Å². The molecule has 0 unspecified atom stereocenters. The van der Waals surface area contributed by atoms with Gasteiger partial charge in [0.1, 0.15) is 29.3 Å². The number of sulfonamides is 1. The molecule has 4 amide bonds. The predicted octanol–water partition coefficient (Wildman–Crippen LogP) is 2.21. The standard InChI is InChI=1S/C33H50N4O10S/c1-32(2,3)47-31(42)34-25-12-8-16-45-15-7-11-22-19-33(22,30(41)36-48(43,44)24-13-14-24)35-28(39)26-18-23(20-37(26)29(25)40)46-27(38)17-21-9-5-4-6-10-21/h7,11,21-26H,4-6,8-10,12-20H2,1-3H3,(H,34,42)(H,35,39)(H,36,41)/t22-,23-,25+,26+,33-/m1/s1. The van der Waals surface area contributed by atoms with Gasteiger partial charge in [-0.05, 0) is 71.6 Å². The number of fused-ring (bicyclic) bond motifs is 2. The van der Waals surface area contributed by atoms with Gasteiger partial charge >= 0.3 is 12.1 Å². The highest BCUT2D eigenvalue weighted by atomic mass is 32.2. The number of rotatable bonds is 7. The second kappa shape index (κ2) is 14.7.